The van der Waals surface area contributed by atoms with Gasteiger partial charge >= 0.3 is 0 Å². The molecule has 0 bridgehead atoms. The standard InChI is InChI=1S/C13H15N3O2/c1-16(2)15-13(18)8-9-7-12(17)14-11-6-4-3-5-10(9)11/h3-7H,8H2,1-2H3,(H,14,17)(H,15,18). The van der Waals surface area contributed by atoms with Gasteiger partial charge in [-0.3, -0.25) is 15.0 Å². The molecule has 0 aliphatic rings. The number of hydrazine groups is 1. The fourth-order valence-corrected chi connectivity index (χ4v) is 1.89. The quantitative estimate of drug-likeness (QED) is 0.781. The molecule has 18 heavy (non-hydrogen) atoms. The molecule has 2 aromatic rings. The Morgan fingerprint density at radius 3 is 2.78 bits per heavy atom. The number of hydrogen-bond acceptors (Lipinski definition) is 3. The second-order valence-electron chi connectivity index (χ2n) is 4.31. The molecule has 94 valence electrons. The number of aromatic amines is 1. The van der Waals surface area contributed by atoms with E-state index in [0.29, 0.717) is 0 Å². The number of benzene rings is 1. The normalized spacial score (nSPS) is 10.8. The van der Waals surface area contributed by atoms with Crippen LogP contribution in [0.1, 0.15) is 5.56 Å². The smallest absolute Gasteiger partial charge is 0.248 e. The average Bonchev–Trinajstić information content (AvgIpc) is 2.27. The summed E-state index contributed by atoms with van der Waals surface area (Å²) in [4.78, 5) is 26.0. The number of H-pyrrole nitrogens is 1. The van der Waals surface area contributed by atoms with Gasteiger partial charge in [-0.1, -0.05) is 18.2 Å². The Balaban J connectivity index is 2.38. The molecule has 1 heterocycles. The van der Waals surface area contributed by atoms with Gasteiger partial charge in [0.1, 0.15) is 0 Å². The van der Waals surface area contributed by atoms with Crippen LogP contribution in [0.4, 0.5) is 0 Å². The van der Waals surface area contributed by atoms with Gasteiger partial charge in [-0.2, -0.15) is 0 Å². The predicted molar refractivity (Wildman–Crippen MR) is 70.1 cm³/mol. The number of pyridine rings is 1. The van der Waals surface area contributed by atoms with Crippen LogP contribution in [0.25, 0.3) is 10.9 Å². The molecule has 0 spiro atoms. The minimum absolute atomic E-state index is 0.143. The van der Waals surface area contributed by atoms with E-state index in [1.807, 2.05) is 24.3 Å². The zero-order chi connectivity index (χ0) is 13.1. The summed E-state index contributed by atoms with van der Waals surface area (Å²) in [5.74, 6) is -0.143. The van der Waals surface area contributed by atoms with Gasteiger partial charge in [0.15, 0.2) is 0 Å². The number of para-hydroxylation sites is 1. The molecule has 5 heteroatoms. The first-order chi connectivity index (χ1) is 8.56. The molecule has 0 aliphatic heterocycles. The van der Waals surface area contributed by atoms with Crippen LogP contribution in [0.5, 0.6) is 0 Å². The summed E-state index contributed by atoms with van der Waals surface area (Å²) in [5.41, 5.74) is 3.94. The Bertz CT molecular complexity index is 631. The number of fused-ring (bicyclic) bond motifs is 1. The van der Waals surface area contributed by atoms with Crippen molar-refractivity contribution in [3.05, 3.63) is 46.2 Å². The molecule has 1 aromatic carbocycles. The zero-order valence-corrected chi connectivity index (χ0v) is 10.4. The Labute approximate surface area is 104 Å². The van der Waals surface area contributed by atoms with Crippen LogP contribution in [0, 0.1) is 0 Å². The van der Waals surface area contributed by atoms with Crippen LogP contribution in [-0.4, -0.2) is 30.0 Å². The number of rotatable bonds is 3. The molecule has 5 nitrogen and oxygen atoms in total. The fourth-order valence-electron chi connectivity index (χ4n) is 1.89. The molecule has 0 saturated heterocycles. The fraction of sp³-hybridized carbons (Fsp3) is 0.231. The Morgan fingerprint density at radius 1 is 1.33 bits per heavy atom. The monoisotopic (exact) mass is 245 g/mol. The molecule has 0 atom stereocenters. The summed E-state index contributed by atoms with van der Waals surface area (Å²) >= 11 is 0. The lowest BCUT2D eigenvalue weighted by atomic mass is 10.1. The maximum Gasteiger partial charge on any atom is 0.248 e. The molecule has 0 unspecified atom stereocenters. The van der Waals surface area contributed by atoms with Crippen molar-refractivity contribution in [2.75, 3.05) is 14.1 Å². The highest BCUT2D eigenvalue weighted by Crippen LogP contribution is 2.14. The third-order valence-corrected chi connectivity index (χ3v) is 2.54. The van der Waals surface area contributed by atoms with Gasteiger partial charge < -0.3 is 4.98 Å². The highest BCUT2D eigenvalue weighted by Gasteiger charge is 2.08. The van der Waals surface area contributed by atoms with E-state index in [-0.39, 0.29) is 17.9 Å². The molecular weight excluding hydrogens is 230 g/mol. The van der Waals surface area contributed by atoms with Crippen molar-refractivity contribution >= 4 is 16.8 Å². The van der Waals surface area contributed by atoms with E-state index in [0.717, 1.165) is 16.5 Å². The van der Waals surface area contributed by atoms with E-state index in [2.05, 4.69) is 10.4 Å². The maximum atomic E-state index is 11.7. The summed E-state index contributed by atoms with van der Waals surface area (Å²) < 4.78 is 0. The summed E-state index contributed by atoms with van der Waals surface area (Å²) in [6.07, 6.45) is 0.183. The van der Waals surface area contributed by atoms with Gasteiger partial charge in [0.2, 0.25) is 11.5 Å². The zero-order valence-electron chi connectivity index (χ0n) is 10.4. The number of carbonyl (C=O) groups excluding carboxylic acids is 1. The van der Waals surface area contributed by atoms with E-state index in [4.69, 9.17) is 0 Å². The van der Waals surface area contributed by atoms with Crippen LogP contribution >= 0.6 is 0 Å². The Hall–Kier alpha value is -2.14. The first kappa shape index (κ1) is 12.3. The van der Waals surface area contributed by atoms with Crippen LogP contribution in [0.2, 0.25) is 0 Å². The van der Waals surface area contributed by atoms with E-state index < -0.39 is 0 Å². The molecular formula is C13H15N3O2. The van der Waals surface area contributed by atoms with Crippen LogP contribution in [0.3, 0.4) is 0 Å². The first-order valence-corrected chi connectivity index (χ1v) is 5.64. The van der Waals surface area contributed by atoms with Crippen molar-refractivity contribution in [1.29, 1.82) is 0 Å². The number of nitrogens with zero attached hydrogens (tertiary/aromatic N) is 1. The lowest BCUT2D eigenvalue weighted by Gasteiger charge is -2.12. The number of amides is 1. The highest BCUT2D eigenvalue weighted by atomic mass is 16.2. The lowest BCUT2D eigenvalue weighted by Crippen LogP contribution is -2.37. The topological polar surface area (TPSA) is 65.2 Å². The number of carbonyl (C=O) groups is 1. The summed E-state index contributed by atoms with van der Waals surface area (Å²) in [6.45, 7) is 0. The van der Waals surface area contributed by atoms with Crippen molar-refractivity contribution in [3.8, 4) is 0 Å². The van der Waals surface area contributed by atoms with Crippen LogP contribution in [0.15, 0.2) is 35.1 Å². The molecule has 1 aromatic heterocycles. The molecule has 0 saturated carbocycles. The van der Waals surface area contributed by atoms with Gasteiger partial charge in [0.05, 0.1) is 6.42 Å². The average molecular weight is 245 g/mol. The van der Waals surface area contributed by atoms with Gasteiger partial charge in [0.25, 0.3) is 0 Å². The maximum absolute atomic E-state index is 11.7. The second-order valence-corrected chi connectivity index (χ2v) is 4.31. The van der Waals surface area contributed by atoms with Crippen molar-refractivity contribution in [2.45, 2.75) is 6.42 Å². The van der Waals surface area contributed by atoms with Crippen molar-refractivity contribution in [3.63, 3.8) is 0 Å². The number of nitrogens with one attached hydrogen (secondary N) is 2. The molecule has 0 radical (unpaired) electrons. The van der Waals surface area contributed by atoms with E-state index in [1.165, 1.54) is 6.07 Å². The molecule has 0 aliphatic carbocycles. The van der Waals surface area contributed by atoms with Gasteiger partial charge in [-0.15, -0.1) is 0 Å². The number of hydrogen-bond donors (Lipinski definition) is 2. The summed E-state index contributed by atoms with van der Waals surface area (Å²) in [7, 11) is 3.49. The van der Waals surface area contributed by atoms with Crippen LogP contribution in [-0.2, 0) is 11.2 Å². The highest BCUT2D eigenvalue weighted by molar-refractivity contribution is 5.87. The summed E-state index contributed by atoms with van der Waals surface area (Å²) in [6, 6.07) is 8.92. The third kappa shape index (κ3) is 2.75. The minimum atomic E-state index is -0.193. The third-order valence-electron chi connectivity index (χ3n) is 2.54. The largest absolute Gasteiger partial charge is 0.322 e. The van der Waals surface area contributed by atoms with Crippen molar-refractivity contribution in [1.82, 2.24) is 15.4 Å². The van der Waals surface area contributed by atoms with Crippen LogP contribution < -0.4 is 11.0 Å². The molecule has 1 amide bonds. The van der Waals surface area contributed by atoms with E-state index in [1.54, 1.807) is 19.1 Å². The number of aromatic nitrogens is 1. The Kier molecular flexibility index (Phi) is 3.43. The second kappa shape index (κ2) is 5.01. The predicted octanol–water partition coefficient (Wildman–Crippen LogP) is 0.663. The first-order valence-electron chi connectivity index (χ1n) is 5.64. The SMILES string of the molecule is CN(C)NC(=O)Cc1cc(=O)[nH]c2ccccc12. The van der Waals surface area contributed by atoms with Gasteiger partial charge in [-0.25, -0.2) is 5.01 Å². The summed E-state index contributed by atoms with van der Waals surface area (Å²) in [5, 5.41) is 2.48. The molecule has 2 N–H and O–H groups in total. The molecule has 0 fully saturated rings. The minimum Gasteiger partial charge on any atom is -0.322 e. The van der Waals surface area contributed by atoms with Gasteiger partial charge in [-0.05, 0) is 11.6 Å². The van der Waals surface area contributed by atoms with Crippen molar-refractivity contribution in [2.24, 2.45) is 0 Å². The van der Waals surface area contributed by atoms with E-state index >= 15 is 0 Å². The molecule has 2 rings (SSSR count). The van der Waals surface area contributed by atoms with E-state index in [9.17, 15) is 9.59 Å². The van der Waals surface area contributed by atoms with Gasteiger partial charge in [0, 0.05) is 31.1 Å². The van der Waals surface area contributed by atoms with Crippen molar-refractivity contribution < 1.29 is 4.79 Å². The lowest BCUT2D eigenvalue weighted by molar-refractivity contribution is -0.124. The Morgan fingerprint density at radius 2 is 2.06 bits per heavy atom.